The lowest BCUT2D eigenvalue weighted by atomic mass is 10.1. The molecule has 0 bridgehead atoms. The van der Waals surface area contributed by atoms with Crippen LogP contribution in [0, 0.1) is 0 Å². The Labute approximate surface area is 397 Å². The summed E-state index contributed by atoms with van der Waals surface area (Å²) in [4.78, 5) is 22.4. The van der Waals surface area contributed by atoms with Crippen LogP contribution in [0.4, 0.5) is 22.7 Å². The fourth-order valence-corrected chi connectivity index (χ4v) is 10.7. The molecule has 0 fully saturated rings. The molecule has 0 aliphatic heterocycles. The monoisotopic (exact) mass is 1110 g/mol. The van der Waals surface area contributed by atoms with E-state index in [1.807, 2.05) is 5.32 Å². The average Bonchev–Trinajstić information content (AvgIpc) is 3.23. The van der Waals surface area contributed by atoms with Crippen LogP contribution < -0.4 is 24.3 Å². The number of Topliss-reactive ketones (excluding diaryl/α,β-unsaturated/α-hetero) is 1. The van der Waals surface area contributed by atoms with Crippen LogP contribution in [-0.2, 0) is 78.7 Å². The summed E-state index contributed by atoms with van der Waals surface area (Å²) in [6, 6.07) is 3.34. The van der Waals surface area contributed by atoms with Crippen molar-refractivity contribution in [2.75, 3.05) is 58.5 Å². The van der Waals surface area contributed by atoms with Gasteiger partial charge in [0.1, 0.15) is 59.6 Å². The van der Waals surface area contributed by atoms with Crippen LogP contribution in [0.25, 0.3) is 10.8 Å². The number of rotatable bonds is 23. The molecular weight excluding hydrogens is 1070 g/mol. The van der Waals surface area contributed by atoms with Gasteiger partial charge in [-0.05, 0) is 25.1 Å². The van der Waals surface area contributed by atoms with Gasteiger partial charge in [0, 0.05) is 35.0 Å². The molecule has 30 nitrogen and oxygen atoms in total. The fraction of sp³-hybridized carbons (Fsp3) is 0.294. The Morgan fingerprint density at radius 3 is 1.44 bits per heavy atom. The first-order chi connectivity index (χ1) is 32.2. The Kier molecular flexibility index (Phi) is 17.4. The number of ketones is 1. The Morgan fingerprint density at radius 2 is 1.04 bits per heavy atom. The molecule has 0 saturated carbocycles. The first-order valence-corrected chi connectivity index (χ1v) is 27.2. The van der Waals surface area contributed by atoms with Gasteiger partial charge < -0.3 is 29.4 Å². The number of phenolic OH excluding ortho intramolecular Hbond substituents is 1. The molecule has 1 unspecified atom stereocenters. The summed E-state index contributed by atoms with van der Waals surface area (Å²) in [5.74, 6) is -7.46. The molecule has 4 aromatic carbocycles. The molecule has 384 valence electrons. The van der Waals surface area contributed by atoms with Gasteiger partial charge in [-0.3, -0.25) is 27.8 Å². The van der Waals surface area contributed by atoms with Gasteiger partial charge in [-0.1, -0.05) is 0 Å². The van der Waals surface area contributed by atoms with Crippen molar-refractivity contribution < 1.29 is 111 Å². The number of nitrogens with zero attached hydrogens (tertiary/aromatic N) is 4. The van der Waals surface area contributed by atoms with E-state index in [0.717, 1.165) is 71.8 Å². The van der Waals surface area contributed by atoms with E-state index in [1.54, 1.807) is 0 Å². The number of hydrogen-bond donors (Lipinski definition) is 6. The number of hydrogen-bond acceptors (Lipinski definition) is 25. The van der Waals surface area contributed by atoms with E-state index in [1.165, 1.54) is 0 Å². The van der Waals surface area contributed by atoms with Gasteiger partial charge in [-0.2, -0.15) is 43.9 Å². The summed E-state index contributed by atoms with van der Waals surface area (Å²) in [7, 11) is -26.0. The molecule has 6 N–H and O–H groups in total. The zero-order chi connectivity index (χ0) is 52.9. The van der Waals surface area contributed by atoms with Crippen LogP contribution in [0.15, 0.2) is 82.5 Å². The summed E-state index contributed by atoms with van der Waals surface area (Å²) in [6.07, 6.45) is 0. The maximum absolute atomic E-state index is 13.6. The quantitative estimate of drug-likeness (QED) is 0.0353. The van der Waals surface area contributed by atoms with Crippen molar-refractivity contribution in [1.82, 2.24) is 0 Å². The number of methoxy groups -OCH3 is 4. The summed E-state index contributed by atoms with van der Waals surface area (Å²) >= 11 is 0. The van der Waals surface area contributed by atoms with Crippen molar-refractivity contribution in [3.05, 3.63) is 42.5 Å². The SMILES string of the molecule is COc1cc(S(=O)(=O)CCOS(=O)(=O)O)c(OC)cc1N=Nc1c(S(=O)(=O)O)cc2c(S(=O)(=O)O)c(NC(=O)C(N=Nc3cc(OC)c(S(=O)(=O)CCOS(=O)(=O)O)cc3OC)C(C)=O)ccc2c1O. The number of phenols is 1. The number of carbonyl (C=O) groups is 2. The number of ether oxygens (including phenoxy) is 4. The van der Waals surface area contributed by atoms with Crippen molar-refractivity contribution in [3.8, 4) is 28.7 Å². The predicted molar refractivity (Wildman–Crippen MR) is 235 cm³/mol. The standard InChI is InChI=1S/C34H37N5O25S6/c1-17(40)30(38-36-21-13-25(61-4)27(15-23(21)59-2)65(43,44)10-8-63-69(53,54)55)34(42)35-20-7-6-18-19(33(20)68(50,51)52)12-29(67(47,48)49)31(32(18)41)39-37-22-14-26(62-5)28(16-24(22)60-3)66(45,46)11-9-64-70(56,57)58/h6-7,12-16,30,41H,8-11H2,1-5H3,(H,35,42)(H,47,48,49)(H,50,51,52)(H,53,54,55)(H,56,57,58). The molecule has 0 radical (unpaired) electrons. The van der Waals surface area contributed by atoms with Gasteiger partial charge in [-0.15, -0.1) is 10.2 Å². The van der Waals surface area contributed by atoms with E-state index >= 15 is 0 Å². The third-order valence-electron chi connectivity index (χ3n) is 8.92. The molecule has 0 spiro atoms. The zero-order valence-electron chi connectivity index (χ0n) is 36.1. The minimum atomic E-state index is -5.60. The lowest BCUT2D eigenvalue weighted by molar-refractivity contribution is -0.126. The molecule has 36 heteroatoms. The predicted octanol–water partition coefficient (Wildman–Crippen LogP) is 2.35. The van der Waals surface area contributed by atoms with Gasteiger partial charge in [0.2, 0.25) is 6.04 Å². The smallest absolute Gasteiger partial charge is 0.397 e. The van der Waals surface area contributed by atoms with Crippen molar-refractivity contribution in [3.63, 3.8) is 0 Å². The first kappa shape index (κ1) is 56.5. The Morgan fingerprint density at radius 1 is 0.586 bits per heavy atom. The molecule has 0 saturated heterocycles. The highest BCUT2D eigenvalue weighted by atomic mass is 32.3. The third kappa shape index (κ3) is 13.8. The van der Waals surface area contributed by atoms with E-state index in [0.29, 0.717) is 6.07 Å². The largest absolute Gasteiger partial charge is 0.505 e. The van der Waals surface area contributed by atoms with Crippen LogP contribution in [0.5, 0.6) is 28.7 Å². The number of benzene rings is 4. The molecule has 4 aromatic rings. The van der Waals surface area contributed by atoms with Gasteiger partial charge in [0.05, 0.1) is 58.8 Å². The van der Waals surface area contributed by atoms with Crippen molar-refractivity contribution in [2.24, 2.45) is 20.5 Å². The van der Waals surface area contributed by atoms with Crippen LogP contribution in [0.2, 0.25) is 0 Å². The van der Waals surface area contributed by atoms with Gasteiger partial charge in [-0.25, -0.2) is 25.2 Å². The van der Waals surface area contributed by atoms with Crippen molar-refractivity contribution in [1.29, 1.82) is 0 Å². The fourth-order valence-electron chi connectivity index (χ4n) is 5.87. The van der Waals surface area contributed by atoms with Crippen LogP contribution in [0.3, 0.4) is 0 Å². The van der Waals surface area contributed by atoms with Crippen molar-refractivity contribution >= 4 is 106 Å². The Hall–Kier alpha value is -6.06. The molecule has 0 aromatic heterocycles. The van der Waals surface area contributed by atoms with Gasteiger partial charge in [0.15, 0.2) is 31.2 Å². The zero-order valence-corrected chi connectivity index (χ0v) is 41.0. The second kappa shape index (κ2) is 21.5. The Bertz CT molecular complexity index is 3510. The number of fused-ring (bicyclic) bond motifs is 1. The third-order valence-corrected chi connectivity index (χ3v) is 15.1. The number of azo groups is 2. The lowest BCUT2D eigenvalue weighted by Gasteiger charge is -2.16. The lowest BCUT2D eigenvalue weighted by Crippen LogP contribution is -2.32. The topological polar surface area (TPSA) is 457 Å². The highest BCUT2D eigenvalue weighted by molar-refractivity contribution is 7.92. The summed E-state index contributed by atoms with van der Waals surface area (Å²) < 4.78 is 214. The van der Waals surface area contributed by atoms with Gasteiger partial charge >= 0.3 is 20.8 Å². The molecule has 0 aliphatic rings. The van der Waals surface area contributed by atoms with E-state index < -0.39 is 174 Å². The second-order valence-electron chi connectivity index (χ2n) is 13.5. The molecule has 0 heterocycles. The van der Waals surface area contributed by atoms with E-state index in [-0.39, 0.29) is 11.4 Å². The second-order valence-corrected chi connectivity index (χ2v) is 22.6. The highest BCUT2D eigenvalue weighted by Crippen LogP contribution is 2.46. The van der Waals surface area contributed by atoms with Crippen LogP contribution >= 0.6 is 0 Å². The van der Waals surface area contributed by atoms with Gasteiger partial charge in [0.25, 0.3) is 26.1 Å². The van der Waals surface area contributed by atoms with Crippen LogP contribution in [-0.4, -0.2) is 145 Å². The molecule has 0 aliphatic carbocycles. The molecule has 70 heavy (non-hydrogen) atoms. The number of aromatic hydroxyl groups is 1. The normalized spacial score (nSPS) is 13.4. The maximum atomic E-state index is 13.6. The van der Waals surface area contributed by atoms with E-state index in [4.69, 9.17) is 28.1 Å². The first-order valence-electron chi connectivity index (χ1n) is 18.3. The number of nitrogens with one attached hydrogen (secondary N) is 1. The molecule has 1 amide bonds. The number of carbonyl (C=O) groups excluding carboxylic acids is 2. The van der Waals surface area contributed by atoms with Crippen molar-refractivity contribution in [2.45, 2.75) is 32.5 Å². The summed E-state index contributed by atoms with van der Waals surface area (Å²) in [5, 5.41) is 26.7. The van der Waals surface area contributed by atoms with E-state index in [2.05, 4.69) is 28.8 Å². The average molecular weight is 1110 g/mol. The maximum Gasteiger partial charge on any atom is 0.397 e. The van der Waals surface area contributed by atoms with E-state index in [9.17, 15) is 74.3 Å². The number of amides is 1. The number of anilines is 1. The number of sulfone groups is 2. The molecule has 4 rings (SSSR count). The Balaban J connectivity index is 1.81. The minimum absolute atomic E-state index is 0.370. The summed E-state index contributed by atoms with van der Waals surface area (Å²) in [5.41, 5.74) is -2.78. The highest BCUT2D eigenvalue weighted by Gasteiger charge is 2.32. The minimum Gasteiger partial charge on any atom is -0.505 e. The summed E-state index contributed by atoms with van der Waals surface area (Å²) in [6.45, 7) is -1.19. The molecular formula is C34H37N5O25S6. The van der Waals surface area contributed by atoms with Crippen LogP contribution in [0.1, 0.15) is 6.92 Å². The molecule has 1 atom stereocenters.